The maximum atomic E-state index is 15.2. The highest BCUT2D eigenvalue weighted by Crippen LogP contribution is 2.35. The fourth-order valence-corrected chi connectivity index (χ4v) is 12.6. The molecule has 0 bridgehead atoms. The number of primary amides is 3. The van der Waals surface area contributed by atoms with Crippen molar-refractivity contribution in [2.75, 3.05) is 71.3 Å². The second-order valence-electron chi connectivity index (χ2n) is 25.4. The predicted molar refractivity (Wildman–Crippen MR) is 378 cm³/mol. The molecule has 0 aromatic carbocycles. The Bertz CT molecular complexity index is 3550. The monoisotopic (exact) mass is 1550 g/mol. The van der Waals surface area contributed by atoms with E-state index in [-0.39, 0.29) is 59.9 Å². The molecule has 0 saturated carbocycles. The molecule has 0 unspecified atom stereocenters. The largest absolute Gasteiger partial charge is 0.441 e. The van der Waals surface area contributed by atoms with Crippen LogP contribution in [0.2, 0.25) is 0 Å². The lowest BCUT2D eigenvalue weighted by molar-refractivity contribution is -0.372. The first-order chi connectivity index (χ1) is 50.9. The lowest BCUT2D eigenvalue weighted by Crippen LogP contribution is -2.65. The van der Waals surface area contributed by atoms with Crippen molar-refractivity contribution in [3.8, 4) is 10.7 Å². The lowest BCUT2D eigenvalue weighted by Gasteiger charge is -2.47. The van der Waals surface area contributed by atoms with Crippen molar-refractivity contribution in [1.82, 2.24) is 77.8 Å². The fourth-order valence-electron chi connectivity index (χ4n) is 11.0. The van der Waals surface area contributed by atoms with Crippen molar-refractivity contribution in [3.63, 3.8) is 0 Å². The SMILES string of the molecule is CCC(=O)NCCCNCCCCNCCCNC(=O)c1csc(-c2csc(CCNC(=O)[C@@H](NC(=O)[C@@H](C)[C@H](O)[C@@H](C)NC(=O)[C@@H](NC(=O)c3nc([C@H](CC(N)=O)NC[C@H](N)C(N)=O)nc(N)c3C)[C@@H](O[C@@H]3O[C@@H](CO)[C@@H](O)[C@H](O)[C@@H]3O[C@H]3O[C@H](CO)[C@@H](O)[C@H](OC(N)=O)[C@@H]3O)c3cnc[nH]3)[C@@H](C)O)n2)n1. The van der Waals surface area contributed by atoms with Gasteiger partial charge in [-0.3, -0.25) is 38.4 Å². The normalized spacial score (nSPS) is 22.6. The molecule has 2 saturated heterocycles. The van der Waals surface area contributed by atoms with E-state index in [2.05, 4.69) is 77.8 Å². The van der Waals surface area contributed by atoms with Crippen LogP contribution in [0.3, 0.4) is 0 Å². The third-order valence-electron chi connectivity index (χ3n) is 17.2. The van der Waals surface area contributed by atoms with E-state index in [1.54, 1.807) is 10.8 Å². The number of nitrogen functional groups attached to an aromatic ring is 1. The van der Waals surface area contributed by atoms with Crippen molar-refractivity contribution in [2.45, 2.75) is 189 Å². The highest BCUT2D eigenvalue weighted by molar-refractivity contribution is 7.14. The summed E-state index contributed by atoms with van der Waals surface area (Å²) in [6.45, 7) is 8.80. The van der Waals surface area contributed by atoms with Gasteiger partial charge in [-0.15, -0.1) is 22.7 Å². The number of ether oxygens (including phenoxy) is 5. The van der Waals surface area contributed by atoms with Gasteiger partial charge in [-0.25, -0.2) is 29.7 Å². The molecule has 2 aliphatic rings. The number of thiazole rings is 2. The number of nitrogens with zero attached hydrogens (tertiary/aromatic N) is 5. The van der Waals surface area contributed by atoms with E-state index in [4.69, 9.17) is 52.4 Å². The maximum absolute atomic E-state index is 15.2. The fraction of sp³-hybridized carbons (Fsp3) is 0.651. The average Bonchev–Trinajstić information content (AvgIpc) is 0.982. The molecule has 2 fully saturated rings. The van der Waals surface area contributed by atoms with Gasteiger partial charge in [0.2, 0.25) is 35.4 Å². The molecule has 9 amide bonds. The number of amides is 9. The van der Waals surface area contributed by atoms with Crippen LogP contribution in [0.25, 0.3) is 10.7 Å². The number of unbranched alkanes of at least 4 members (excludes halogenated alkanes) is 1. The summed E-state index contributed by atoms with van der Waals surface area (Å²) >= 11 is 2.50. The van der Waals surface area contributed by atoms with Gasteiger partial charge in [0.25, 0.3) is 11.8 Å². The topological polar surface area (TPSA) is 680 Å². The number of rotatable bonds is 45. The quantitative estimate of drug-likeness (QED) is 0.0183. The minimum atomic E-state index is -2.20. The smallest absolute Gasteiger partial charge is 0.404 e. The minimum Gasteiger partial charge on any atom is -0.441 e. The average molecular weight is 1550 g/mol. The Hall–Kier alpha value is -8.26. The minimum absolute atomic E-state index is 0.0215. The molecule has 4 aromatic heterocycles. The van der Waals surface area contributed by atoms with Crippen molar-refractivity contribution in [3.05, 3.63) is 56.8 Å². The standard InChI is InChI=1S/C63H100N20O22S2/c1-6-39(88)72-16-9-14-69-12-7-8-13-70-15-10-17-73-56(96)34-24-107-60(79-34)35-25-106-40(78-35)11-18-74-57(97)42(30(5)86)81-55(95)28(3)44(89)29(4)77-59(99)43(82-58(98)41-27(2)52(66)83-54(80-41)32(19-38(65)87)75-20-31(64)53(67)94)49(33-21-71-26-76-33)103-62-51(47(92)45(90)36(22-84)102-62)104-61-48(93)50(105-63(68)100)46(91)37(23-85)101-61/h21,24-26,28-32,36-37,42-51,61-62,69-70,75,84-86,89-93H,6-20,22-23,64H2,1-5H3,(H2,65,87)(H2,67,94)(H2,68,100)(H,71,76)(H,72,88)(H,73,96)(H,74,97)(H,77,99)(H,81,95)(H,82,98)(H2,66,80,83)/t28-,29+,30+,31-,32-,36-,37+,42-,43-,44-,45+,46+,47-,48-,49-,50-,51-,61+,62-/m0/s1. The van der Waals surface area contributed by atoms with Crippen LogP contribution in [0.4, 0.5) is 10.6 Å². The Labute approximate surface area is 621 Å². The van der Waals surface area contributed by atoms with Crippen LogP contribution < -0.4 is 76.5 Å². The molecule has 2 aliphatic heterocycles. The number of carbonyl (C=O) groups is 9. The van der Waals surface area contributed by atoms with Crippen LogP contribution in [0.1, 0.15) is 121 Å². The van der Waals surface area contributed by atoms with E-state index in [9.17, 15) is 79.2 Å². The van der Waals surface area contributed by atoms with Gasteiger partial charge in [-0.1, -0.05) is 13.8 Å². The van der Waals surface area contributed by atoms with Crippen LogP contribution in [0, 0.1) is 12.8 Å². The molecule has 44 heteroatoms. The highest BCUT2D eigenvalue weighted by atomic mass is 32.1. The molecule has 0 aliphatic carbocycles. The first-order valence-corrected chi connectivity index (χ1v) is 36.3. The van der Waals surface area contributed by atoms with Gasteiger partial charge in [0.1, 0.15) is 94.6 Å². The number of aliphatic hydroxyl groups is 8. The Morgan fingerprint density at radius 1 is 0.701 bits per heavy atom. The number of imidazole rings is 1. The second kappa shape index (κ2) is 43.1. The van der Waals surface area contributed by atoms with Crippen LogP contribution in [0.15, 0.2) is 23.3 Å². The van der Waals surface area contributed by atoms with Crippen molar-refractivity contribution in [2.24, 2.45) is 28.9 Å². The molecule has 107 heavy (non-hydrogen) atoms. The zero-order valence-corrected chi connectivity index (χ0v) is 61.2. The summed E-state index contributed by atoms with van der Waals surface area (Å²) in [5, 5.41) is 118. The first kappa shape index (κ1) is 87.6. The number of nitrogens with two attached hydrogens (primary N) is 5. The van der Waals surface area contributed by atoms with Gasteiger partial charge in [0.05, 0.1) is 72.7 Å². The van der Waals surface area contributed by atoms with Gasteiger partial charge in [0, 0.05) is 61.8 Å². The van der Waals surface area contributed by atoms with E-state index in [1.807, 2.05) is 6.92 Å². The van der Waals surface area contributed by atoms with Crippen LogP contribution in [-0.2, 0) is 58.9 Å². The zero-order valence-electron chi connectivity index (χ0n) is 59.5. The van der Waals surface area contributed by atoms with Gasteiger partial charge >= 0.3 is 6.09 Å². The molecule has 0 spiro atoms. The predicted octanol–water partition coefficient (Wildman–Crippen LogP) is -7.71. The summed E-state index contributed by atoms with van der Waals surface area (Å²) < 4.78 is 28.8. The Balaban J connectivity index is 1.15. The molecule has 4 aromatic rings. The summed E-state index contributed by atoms with van der Waals surface area (Å²) in [4.78, 5) is 143. The summed E-state index contributed by atoms with van der Waals surface area (Å²) in [5.41, 5.74) is 28.1. The molecule has 19 atom stereocenters. The lowest BCUT2D eigenvalue weighted by atomic mass is 9.96. The molecule has 596 valence electrons. The second-order valence-corrected chi connectivity index (χ2v) is 27.2. The Morgan fingerprint density at radius 3 is 1.97 bits per heavy atom. The number of aliphatic hydroxyl groups excluding tert-OH is 8. The summed E-state index contributed by atoms with van der Waals surface area (Å²) in [5.74, 6) is -8.73. The van der Waals surface area contributed by atoms with Crippen LogP contribution in [-0.4, -0.2) is 287 Å². The molecule has 42 nitrogen and oxygen atoms in total. The van der Waals surface area contributed by atoms with Gasteiger partial charge in [-0.05, 0) is 72.6 Å². The van der Waals surface area contributed by atoms with Crippen LogP contribution in [0.5, 0.6) is 0 Å². The molecule has 0 radical (unpaired) electrons. The number of hydrogen-bond acceptors (Lipinski definition) is 34. The highest BCUT2D eigenvalue weighted by Gasteiger charge is 2.54. The number of H-pyrrole nitrogens is 1. The van der Waals surface area contributed by atoms with E-state index in [0.29, 0.717) is 41.6 Å². The Kier molecular flexibility index (Phi) is 35.3. The summed E-state index contributed by atoms with van der Waals surface area (Å²) in [7, 11) is 0. The summed E-state index contributed by atoms with van der Waals surface area (Å²) in [6, 6.07) is -7.89. The van der Waals surface area contributed by atoms with Gasteiger partial charge < -0.3 is 146 Å². The number of aromatic amines is 1. The number of nitrogens with one attached hydrogen (secondary N) is 10. The third kappa shape index (κ3) is 25.7. The molecule has 6 heterocycles. The maximum Gasteiger partial charge on any atom is 0.404 e. The van der Waals surface area contributed by atoms with Crippen molar-refractivity contribution < 1.29 is 108 Å². The first-order valence-electron chi connectivity index (χ1n) is 34.5. The van der Waals surface area contributed by atoms with Crippen molar-refractivity contribution in [1.29, 1.82) is 0 Å². The van der Waals surface area contributed by atoms with Crippen LogP contribution >= 0.6 is 22.7 Å². The number of carbonyl (C=O) groups excluding carboxylic acids is 9. The number of anilines is 1. The molecular weight excluding hydrogens is 1450 g/mol. The van der Waals surface area contributed by atoms with Gasteiger partial charge in [0.15, 0.2) is 18.7 Å². The summed E-state index contributed by atoms with van der Waals surface area (Å²) in [6.07, 6.45) is -21.2. The zero-order chi connectivity index (χ0) is 78.8. The Morgan fingerprint density at radius 2 is 1.36 bits per heavy atom. The van der Waals surface area contributed by atoms with Crippen molar-refractivity contribution >= 4 is 81.8 Å². The van der Waals surface area contributed by atoms with Gasteiger partial charge in [-0.2, -0.15) is 0 Å². The van der Waals surface area contributed by atoms with E-state index in [1.165, 1.54) is 50.4 Å². The molecular formula is C63H100N20O22S2. The molecule has 6 rings (SSSR count). The van der Waals surface area contributed by atoms with E-state index in [0.717, 1.165) is 58.0 Å². The van der Waals surface area contributed by atoms with E-state index >= 15 is 4.79 Å². The number of aromatic nitrogens is 6. The third-order valence-corrected chi connectivity index (χ3v) is 19.0. The van der Waals surface area contributed by atoms with E-state index < -0.39 is 183 Å². The number of hydrogen-bond donors (Lipinski definition) is 23. The molecule has 28 N–H and O–H groups in total.